The third-order valence-electron chi connectivity index (χ3n) is 4.12. The first-order valence-electron chi connectivity index (χ1n) is 8.15. The number of hydrogen-bond acceptors (Lipinski definition) is 6. The van der Waals surface area contributed by atoms with Crippen LogP contribution in [-0.2, 0) is 14.3 Å². The molecule has 0 saturated carbocycles. The Labute approximate surface area is 147 Å². The van der Waals surface area contributed by atoms with Crippen LogP contribution in [0.1, 0.15) is 37.0 Å². The van der Waals surface area contributed by atoms with E-state index in [0.717, 1.165) is 0 Å². The van der Waals surface area contributed by atoms with Crippen molar-refractivity contribution in [2.75, 3.05) is 14.2 Å². The lowest BCUT2D eigenvalue weighted by atomic mass is 9.98. The van der Waals surface area contributed by atoms with Gasteiger partial charge in [0.25, 0.3) is 0 Å². The predicted molar refractivity (Wildman–Crippen MR) is 93.3 cm³/mol. The number of hydrogen-bond donors (Lipinski definition) is 2. The molecule has 138 valence electrons. The molecular weight excluding hydrogens is 324 g/mol. The summed E-state index contributed by atoms with van der Waals surface area (Å²) in [5.74, 6) is -0.827. The van der Waals surface area contributed by atoms with Gasteiger partial charge in [-0.15, -0.1) is 0 Å². The molecule has 0 unspecified atom stereocenters. The SMILES string of the molecule is CC[C@H](C)[C@H](NC(=O)[C@@H](N)CC(=O)c1ccc(OC)cc1)C(=O)OC. The zero-order chi connectivity index (χ0) is 19.0. The summed E-state index contributed by atoms with van der Waals surface area (Å²) in [5.41, 5.74) is 6.27. The number of ketones is 1. The molecule has 1 aromatic rings. The Morgan fingerprint density at radius 1 is 1.16 bits per heavy atom. The molecular formula is C18H26N2O5. The van der Waals surface area contributed by atoms with E-state index in [1.807, 2.05) is 13.8 Å². The Balaban J connectivity index is 2.70. The molecule has 0 fully saturated rings. The summed E-state index contributed by atoms with van der Waals surface area (Å²) in [6, 6.07) is 4.71. The second-order valence-electron chi connectivity index (χ2n) is 5.86. The number of nitrogens with two attached hydrogens (primary N) is 1. The zero-order valence-corrected chi connectivity index (χ0v) is 15.1. The van der Waals surface area contributed by atoms with E-state index in [4.69, 9.17) is 15.2 Å². The average Bonchev–Trinajstić information content (AvgIpc) is 2.64. The summed E-state index contributed by atoms with van der Waals surface area (Å²) < 4.78 is 9.75. The fourth-order valence-electron chi connectivity index (χ4n) is 2.24. The number of Topliss-reactive ketones (excluding diaryl/α,β-unsaturated/α-hetero) is 1. The largest absolute Gasteiger partial charge is 0.497 e. The topological polar surface area (TPSA) is 108 Å². The van der Waals surface area contributed by atoms with Gasteiger partial charge in [0.1, 0.15) is 11.8 Å². The van der Waals surface area contributed by atoms with Crippen LogP contribution in [0.25, 0.3) is 0 Å². The van der Waals surface area contributed by atoms with Crippen LogP contribution in [0.2, 0.25) is 0 Å². The van der Waals surface area contributed by atoms with E-state index >= 15 is 0 Å². The Hall–Kier alpha value is -2.41. The van der Waals surface area contributed by atoms with Gasteiger partial charge in [-0.25, -0.2) is 4.79 Å². The van der Waals surface area contributed by atoms with Crippen LogP contribution in [0.3, 0.4) is 0 Å². The first-order chi connectivity index (χ1) is 11.8. The minimum Gasteiger partial charge on any atom is -0.497 e. The number of benzene rings is 1. The fraction of sp³-hybridized carbons (Fsp3) is 0.500. The maximum absolute atomic E-state index is 12.2. The highest BCUT2D eigenvalue weighted by atomic mass is 16.5. The third-order valence-corrected chi connectivity index (χ3v) is 4.12. The molecule has 1 rings (SSSR count). The third kappa shape index (κ3) is 5.86. The van der Waals surface area contributed by atoms with Gasteiger partial charge in [-0.2, -0.15) is 0 Å². The lowest BCUT2D eigenvalue weighted by Crippen LogP contribution is -2.51. The quantitative estimate of drug-likeness (QED) is 0.513. The molecule has 25 heavy (non-hydrogen) atoms. The van der Waals surface area contributed by atoms with E-state index in [1.165, 1.54) is 14.2 Å². The van der Waals surface area contributed by atoms with Crippen molar-refractivity contribution in [2.45, 2.75) is 38.8 Å². The number of ether oxygens (including phenoxy) is 2. The van der Waals surface area contributed by atoms with Crippen LogP contribution in [0.15, 0.2) is 24.3 Å². The first-order valence-corrected chi connectivity index (χ1v) is 8.15. The number of amides is 1. The molecule has 0 aliphatic heterocycles. The van der Waals surface area contributed by atoms with Crippen LogP contribution in [0.5, 0.6) is 5.75 Å². The molecule has 3 N–H and O–H groups in total. The van der Waals surface area contributed by atoms with Crippen LogP contribution in [-0.4, -0.2) is 44.0 Å². The number of carbonyl (C=O) groups excluding carboxylic acids is 3. The van der Waals surface area contributed by atoms with E-state index in [0.29, 0.717) is 17.7 Å². The zero-order valence-electron chi connectivity index (χ0n) is 15.1. The highest BCUT2D eigenvalue weighted by molar-refractivity contribution is 6.00. The summed E-state index contributed by atoms with van der Waals surface area (Å²) >= 11 is 0. The fourth-order valence-corrected chi connectivity index (χ4v) is 2.24. The Kier molecular flexibility index (Phi) is 8.07. The van der Waals surface area contributed by atoms with Crippen LogP contribution in [0, 0.1) is 5.92 Å². The number of nitrogens with one attached hydrogen (secondary N) is 1. The standard InChI is InChI=1S/C18H26N2O5/c1-5-11(2)16(18(23)25-4)20-17(22)14(19)10-15(21)12-6-8-13(24-3)9-7-12/h6-9,11,14,16H,5,10,19H2,1-4H3,(H,20,22)/t11-,14-,16-/m0/s1. The molecule has 0 aromatic heterocycles. The van der Waals surface area contributed by atoms with Crippen molar-refractivity contribution in [3.05, 3.63) is 29.8 Å². The minimum atomic E-state index is -1.05. The molecule has 1 amide bonds. The van der Waals surface area contributed by atoms with Gasteiger partial charge in [0.05, 0.1) is 20.3 Å². The van der Waals surface area contributed by atoms with Crippen molar-refractivity contribution in [3.63, 3.8) is 0 Å². The first kappa shape index (κ1) is 20.6. The van der Waals surface area contributed by atoms with Crippen molar-refractivity contribution in [3.8, 4) is 5.75 Å². The second kappa shape index (κ2) is 9.78. The van der Waals surface area contributed by atoms with Gasteiger partial charge in [-0.1, -0.05) is 20.3 Å². The van der Waals surface area contributed by atoms with Gasteiger partial charge >= 0.3 is 5.97 Å². The van der Waals surface area contributed by atoms with Crippen molar-refractivity contribution in [1.29, 1.82) is 0 Å². The maximum atomic E-state index is 12.2. The molecule has 7 nitrogen and oxygen atoms in total. The predicted octanol–water partition coefficient (Wildman–Crippen LogP) is 1.30. The van der Waals surface area contributed by atoms with Gasteiger partial charge in [0.2, 0.25) is 5.91 Å². The van der Waals surface area contributed by atoms with E-state index in [2.05, 4.69) is 5.32 Å². The van der Waals surface area contributed by atoms with Crippen molar-refractivity contribution in [2.24, 2.45) is 11.7 Å². The summed E-state index contributed by atoms with van der Waals surface area (Å²) in [5, 5.41) is 2.58. The number of rotatable bonds is 9. The van der Waals surface area contributed by atoms with Gasteiger partial charge in [0.15, 0.2) is 5.78 Å². The normalized spacial score (nSPS) is 14.1. The van der Waals surface area contributed by atoms with Crippen LogP contribution in [0.4, 0.5) is 0 Å². The van der Waals surface area contributed by atoms with Crippen molar-refractivity contribution < 1.29 is 23.9 Å². The van der Waals surface area contributed by atoms with Crippen LogP contribution >= 0.6 is 0 Å². The van der Waals surface area contributed by atoms with Crippen LogP contribution < -0.4 is 15.8 Å². The molecule has 7 heteroatoms. The molecule has 0 bridgehead atoms. The highest BCUT2D eigenvalue weighted by Crippen LogP contribution is 2.14. The average molecular weight is 350 g/mol. The maximum Gasteiger partial charge on any atom is 0.328 e. The van der Waals surface area contributed by atoms with Gasteiger partial charge in [-0.3, -0.25) is 9.59 Å². The van der Waals surface area contributed by atoms with E-state index < -0.39 is 24.0 Å². The minimum absolute atomic E-state index is 0.110. The lowest BCUT2D eigenvalue weighted by Gasteiger charge is -2.23. The van der Waals surface area contributed by atoms with E-state index in [-0.39, 0.29) is 18.1 Å². The highest BCUT2D eigenvalue weighted by Gasteiger charge is 2.29. The van der Waals surface area contributed by atoms with Crippen molar-refractivity contribution >= 4 is 17.7 Å². The molecule has 1 aromatic carbocycles. The summed E-state index contributed by atoms with van der Waals surface area (Å²) in [7, 11) is 2.79. The smallest absolute Gasteiger partial charge is 0.328 e. The van der Waals surface area contributed by atoms with E-state index in [1.54, 1.807) is 24.3 Å². The number of esters is 1. The molecule has 3 atom stereocenters. The molecule has 0 spiro atoms. The second-order valence-corrected chi connectivity index (χ2v) is 5.86. The number of carbonyl (C=O) groups is 3. The molecule has 0 aliphatic rings. The van der Waals surface area contributed by atoms with Crippen molar-refractivity contribution in [1.82, 2.24) is 5.32 Å². The Morgan fingerprint density at radius 2 is 1.76 bits per heavy atom. The van der Waals surface area contributed by atoms with E-state index in [9.17, 15) is 14.4 Å². The molecule has 0 heterocycles. The summed E-state index contributed by atoms with van der Waals surface area (Å²) in [6.07, 6.45) is 0.520. The molecule has 0 aliphatic carbocycles. The molecule has 0 saturated heterocycles. The Bertz CT molecular complexity index is 600. The van der Waals surface area contributed by atoms with Gasteiger partial charge in [-0.05, 0) is 30.2 Å². The summed E-state index contributed by atoms with van der Waals surface area (Å²) in [6.45, 7) is 3.73. The molecule has 0 radical (unpaired) electrons. The van der Waals surface area contributed by atoms with Gasteiger partial charge in [0, 0.05) is 12.0 Å². The van der Waals surface area contributed by atoms with Gasteiger partial charge < -0.3 is 20.5 Å². The Morgan fingerprint density at radius 3 is 2.24 bits per heavy atom. The monoisotopic (exact) mass is 350 g/mol. The lowest BCUT2D eigenvalue weighted by molar-refractivity contribution is -0.146. The summed E-state index contributed by atoms with van der Waals surface area (Å²) in [4.78, 5) is 36.3. The number of methoxy groups -OCH3 is 2.